The quantitative estimate of drug-likeness (QED) is 0.0722. The minimum Gasteiger partial charge on any atom is -0.356 e. The van der Waals surface area contributed by atoms with Gasteiger partial charge in [-0.1, -0.05) is 12.8 Å². The second kappa shape index (κ2) is 22.4. The highest BCUT2D eigenvalue weighted by Gasteiger charge is 2.14. The van der Waals surface area contributed by atoms with Crippen molar-refractivity contribution in [1.29, 1.82) is 0 Å². The van der Waals surface area contributed by atoms with E-state index in [1.807, 2.05) is 0 Å². The molecular weight excluding hydrogens is 498 g/mol. The zero-order valence-electron chi connectivity index (χ0n) is 22.7. The molecule has 0 aliphatic carbocycles. The predicted molar refractivity (Wildman–Crippen MR) is 138 cm³/mol. The third-order valence-electron chi connectivity index (χ3n) is 5.89. The van der Waals surface area contributed by atoms with Gasteiger partial charge in [0.1, 0.15) is 5.78 Å². The van der Waals surface area contributed by atoms with Crippen LogP contribution in [0.15, 0.2) is 0 Å². The molecule has 0 saturated carbocycles. The molecule has 0 fully saturated rings. The molecule has 13 heteroatoms. The van der Waals surface area contributed by atoms with Gasteiger partial charge in [0.15, 0.2) is 0 Å². The first kappa shape index (κ1) is 35.4. The Morgan fingerprint density at radius 2 is 1.11 bits per heavy atom. The number of nitrogens with two attached hydrogens (primary N) is 1. The number of nitrogens with one attached hydrogen (secondary N) is 1. The van der Waals surface area contributed by atoms with E-state index < -0.39 is 17.7 Å². The van der Waals surface area contributed by atoms with E-state index in [9.17, 15) is 39.6 Å². The molecule has 0 aromatic rings. The lowest BCUT2D eigenvalue weighted by Gasteiger charge is -2.15. The predicted octanol–water partition coefficient (Wildman–Crippen LogP) is 1.77. The molecular formula is C25H47N5O8. The lowest BCUT2D eigenvalue weighted by molar-refractivity contribution is -0.166. The van der Waals surface area contributed by atoms with Gasteiger partial charge in [-0.05, 0) is 51.5 Å². The van der Waals surface area contributed by atoms with Crippen LogP contribution >= 0.6 is 0 Å². The number of ketones is 1. The van der Waals surface area contributed by atoms with Gasteiger partial charge in [0.05, 0.1) is 0 Å². The Balaban J connectivity index is 3.77. The zero-order valence-corrected chi connectivity index (χ0v) is 22.7. The largest absolute Gasteiger partial charge is 0.356 e. The molecule has 0 rings (SSSR count). The Morgan fingerprint density at radius 1 is 0.605 bits per heavy atom. The highest BCUT2D eigenvalue weighted by Crippen LogP contribution is 2.07. The number of hydroxylamine groups is 6. The van der Waals surface area contributed by atoms with Gasteiger partial charge >= 0.3 is 0 Å². The summed E-state index contributed by atoms with van der Waals surface area (Å²) in [6.07, 6.45) is 6.15. The van der Waals surface area contributed by atoms with Crippen LogP contribution in [0.5, 0.6) is 0 Å². The van der Waals surface area contributed by atoms with E-state index in [4.69, 9.17) is 5.73 Å². The Morgan fingerprint density at radius 3 is 1.66 bits per heavy atom. The summed E-state index contributed by atoms with van der Waals surface area (Å²) < 4.78 is 0. The number of hydrogen-bond acceptors (Lipinski definition) is 9. The summed E-state index contributed by atoms with van der Waals surface area (Å²) >= 11 is 0. The Kier molecular flexibility index (Phi) is 20.8. The van der Waals surface area contributed by atoms with Crippen LogP contribution in [0.3, 0.4) is 0 Å². The molecule has 0 unspecified atom stereocenters. The standard InChI is InChI=1S/C25H47N5O8/c1-21(31)28(36)18-8-2-5-11-22(32)12-14-24(34)29(37)20-10-4-7-17-27-23(33)13-15-25(35)30(38)19-9-3-6-16-26/h36-38H,2-20,26H2,1H3,(H,27,33). The van der Waals surface area contributed by atoms with Crippen molar-refractivity contribution in [1.82, 2.24) is 20.5 Å². The van der Waals surface area contributed by atoms with Crippen molar-refractivity contribution in [2.45, 2.75) is 96.8 Å². The molecule has 0 aromatic carbocycles. The van der Waals surface area contributed by atoms with Gasteiger partial charge < -0.3 is 11.1 Å². The van der Waals surface area contributed by atoms with Crippen molar-refractivity contribution < 1.29 is 39.6 Å². The number of rotatable bonds is 23. The number of hydrogen-bond donors (Lipinski definition) is 5. The molecule has 220 valence electrons. The summed E-state index contributed by atoms with van der Waals surface area (Å²) in [5, 5.41) is 33.4. The maximum atomic E-state index is 12.0. The first-order valence-electron chi connectivity index (χ1n) is 13.5. The maximum Gasteiger partial charge on any atom is 0.246 e. The molecule has 0 heterocycles. The van der Waals surface area contributed by atoms with E-state index in [2.05, 4.69) is 5.32 Å². The van der Waals surface area contributed by atoms with Gasteiger partial charge in [0.2, 0.25) is 23.6 Å². The summed E-state index contributed by atoms with van der Waals surface area (Å²) in [5.41, 5.74) is 5.39. The van der Waals surface area contributed by atoms with E-state index >= 15 is 0 Å². The average molecular weight is 546 g/mol. The highest BCUT2D eigenvalue weighted by atomic mass is 16.5. The molecule has 38 heavy (non-hydrogen) atoms. The van der Waals surface area contributed by atoms with Crippen molar-refractivity contribution >= 4 is 29.4 Å². The van der Waals surface area contributed by atoms with Crippen LogP contribution in [0.2, 0.25) is 0 Å². The van der Waals surface area contributed by atoms with Crippen LogP contribution in [0, 0.1) is 0 Å². The van der Waals surface area contributed by atoms with Crippen LogP contribution in [0.4, 0.5) is 0 Å². The summed E-state index contributed by atoms with van der Waals surface area (Å²) in [6, 6.07) is 0. The van der Waals surface area contributed by atoms with E-state index in [-0.39, 0.29) is 57.0 Å². The SMILES string of the molecule is CC(=O)N(O)CCCCCC(=O)CCC(=O)N(O)CCCCCNC(=O)CCC(=O)N(O)CCCCCN. The van der Waals surface area contributed by atoms with E-state index in [0.29, 0.717) is 79.6 Å². The van der Waals surface area contributed by atoms with Crippen molar-refractivity contribution in [2.75, 3.05) is 32.7 Å². The van der Waals surface area contributed by atoms with Crippen molar-refractivity contribution in [3.8, 4) is 0 Å². The average Bonchev–Trinajstić information content (AvgIpc) is 2.89. The normalized spacial score (nSPS) is 10.7. The van der Waals surface area contributed by atoms with Crippen LogP contribution < -0.4 is 11.1 Å². The summed E-state index contributed by atoms with van der Waals surface area (Å²) in [4.78, 5) is 58.4. The molecule has 4 amide bonds. The van der Waals surface area contributed by atoms with Crippen molar-refractivity contribution in [3.05, 3.63) is 0 Å². The summed E-state index contributed by atoms with van der Waals surface area (Å²) in [5.74, 6) is -1.81. The van der Waals surface area contributed by atoms with Gasteiger partial charge in [0.25, 0.3) is 0 Å². The molecule has 6 N–H and O–H groups in total. The Labute approximate surface area is 225 Å². The lowest BCUT2D eigenvalue weighted by Crippen LogP contribution is -2.31. The van der Waals surface area contributed by atoms with Crippen LogP contribution in [0.1, 0.15) is 96.8 Å². The highest BCUT2D eigenvalue weighted by molar-refractivity contribution is 5.84. The van der Waals surface area contributed by atoms with E-state index in [1.54, 1.807) is 0 Å². The molecule has 0 bridgehead atoms. The maximum absolute atomic E-state index is 12.0. The van der Waals surface area contributed by atoms with E-state index in [0.717, 1.165) is 12.8 Å². The van der Waals surface area contributed by atoms with Crippen molar-refractivity contribution in [3.63, 3.8) is 0 Å². The fraction of sp³-hybridized carbons (Fsp3) is 0.800. The smallest absolute Gasteiger partial charge is 0.246 e. The van der Waals surface area contributed by atoms with Gasteiger partial charge in [-0.3, -0.25) is 39.6 Å². The first-order chi connectivity index (χ1) is 18.1. The van der Waals surface area contributed by atoms with E-state index in [1.165, 1.54) is 6.92 Å². The zero-order chi connectivity index (χ0) is 28.8. The number of carbonyl (C=O) groups excluding carboxylic acids is 5. The molecule has 0 atom stereocenters. The Hall–Kier alpha value is -2.61. The van der Waals surface area contributed by atoms with Crippen LogP contribution in [0.25, 0.3) is 0 Å². The third kappa shape index (κ3) is 19.5. The summed E-state index contributed by atoms with van der Waals surface area (Å²) in [6.45, 7) is 2.79. The fourth-order valence-electron chi connectivity index (χ4n) is 3.48. The minimum absolute atomic E-state index is 0.0164. The molecule has 13 nitrogen and oxygen atoms in total. The minimum atomic E-state index is -0.522. The molecule has 0 saturated heterocycles. The monoisotopic (exact) mass is 545 g/mol. The first-order valence-corrected chi connectivity index (χ1v) is 13.5. The molecule has 0 spiro atoms. The lowest BCUT2D eigenvalue weighted by atomic mass is 10.1. The van der Waals surface area contributed by atoms with Gasteiger partial charge in [-0.2, -0.15) is 0 Å². The number of Topliss-reactive ketones (excluding diaryl/α,β-unsaturated/α-hetero) is 1. The third-order valence-corrected chi connectivity index (χ3v) is 5.89. The molecule has 0 radical (unpaired) electrons. The number of nitrogens with zero attached hydrogens (tertiary/aromatic N) is 3. The molecule has 0 aliphatic heterocycles. The number of unbranched alkanes of at least 4 members (excludes halogenated alkanes) is 6. The van der Waals surface area contributed by atoms with Crippen LogP contribution in [-0.2, 0) is 24.0 Å². The van der Waals surface area contributed by atoms with Gasteiger partial charge in [0, 0.05) is 65.2 Å². The fourth-order valence-corrected chi connectivity index (χ4v) is 3.48. The summed E-state index contributed by atoms with van der Waals surface area (Å²) in [7, 11) is 0. The van der Waals surface area contributed by atoms with Gasteiger partial charge in [-0.15, -0.1) is 0 Å². The Bertz CT molecular complexity index is 722. The second-order valence-corrected chi connectivity index (χ2v) is 9.29. The molecule has 0 aliphatic rings. The van der Waals surface area contributed by atoms with Crippen molar-refractivity contribution in [2.24, 2.45) is 5.73 Å². The molecule has 0 aromatic heterocycles. The van der Waals surface area contributed by atoms with Gasteiger partial charge in [-0.25, -0.2) is 15.2 Å². The number of carbonyl (C=O) groups is 5. The van der Waals surface area contributed by atoms with Crippen LogP contribution in [-0.4, -0.2) is 92.9 Å². The second-order valence-electron chi connectivity index (χ2n) is 9.29. The number of amides is 4. The topological polar surface area (TPSA) is 194 Å².